The summed E-state index contributed by atoms with van der Waals surface area (Å²) in [4.78, 5) is 3.97. The van der Waals surface area contributed by atoms with E-state index in [-0.39, 0.29) is 5.37 Å². The lowest BCUT2D eigenvalue weighted by molar-refractivity contribution is 1.05. The molecule has 0 saturated heterocycles. The number of hydrogen-bond donors (Lipinski definition) is 1. The van der Waals surface area contributed by atoms with Gasteiger partial charge >= 0.3 is 0 Å². The van der Waals surface area contributed by atoms with Gasteiger partial charge in [0.05, 0.1) is 10.9 Å². The van der Waals surface area contributed by atoms with E-state index in [0.717, 1.165) is 6.54 Å². The molecule has 0 aromatic rings. The zero-order valence-electron chi connectivity index (χ0n) is 5.29. The van der Waals surface area contributed by atoms with Crippen molar-refractivity contribution in [3.8, 4) is 0 Å². The summed E-state index contributed by atoms with van der Waals surface area (Å²) in [5.41, 5.74) is 7.20. The van der Waals surface area contributed by atoms with E-state index in [9.17, 15) is 0 Å². The number of nitrogens with zero attached hydrogens (tertiary/aromatic N) is 1. The Morgan fingerprint density at radius 2 is 2.50 bits per heavy atom. The Morgan fingerprint density at radius 1 is 1.88 bits per heavy atom. The molecule has 0 amide bonds. The number of thioether (sulfide) groups is 1. The molecule has 0 fully saturated rings. The second kappa shape index (κ2) is 5.12. The lowest BCUT2D eigenvalue weighted by Crippen LogP contribution is -2.08. The highest BCUT2D eigenvalue weighted by Gasteiger charge is 1.85. The van der Waals surface area contributed by atoms with Crippen LogP contribution in [0.1, 0.15) is 13.8 Å². The van der Waals surface area contributed by atoms with E-state index in [1.165, 1.54) is 0 Å². The topological polar surface area (TPSA) is 38.4 Å². The fraction of sp³-hybridized carbons (Fsp3) is 0.800. The van der Waals surface area contributed by atoms with E-state index < -0.39 is 0 Å². The molecule has 48 valence electrons. The first-order chi connectivity index (χ1) is 3.77. The summed E-state index contributed by atoms with van der Waals surface area (Å²) < 4.78 is 0. The fourth-order valence-corrected chi connectivity index (χ4v) is 0.641. The maximum atomic E-state index is 5.40. The van der Waals surface area contributed by atoms with Gasteiger partial charge in [-0.15, -0.1) is 0 Å². The predicted molar refractivity (Wildman–Crippen MR) is 40.3 cm³/mol. The minimum absolute atomic E-state index is 0.172. The van der Waals surface area contributed by atoms with Crippen molar-refractivity contribution in [3.05, 3.63) is 0 Å². The summed E-state index contributed by atoms with van der Waals surface area (Å²) in [5.74, 6) is 0. The van der Waals surface area contributed by atoms with Gasteiger partial charge in [-0.3, -0.25) is 4.99 Å². The van der Waals surface area contributed by atoms with Gasteiger partial charge in [-0.25, -0.2) is 0 Å². The number of nitrogens with two attached hydrogens (primary N) is 1. The van der Waals surface area contributed by atoms with Crippen molar-refractivity contribution in [2.75, 3.05) is 6.54 Å². The number of rotatable bonds is 3. The van der Waals surface area contributed by atoms with Crippen molar-refractivity contribution in [2.24, 2.45) is 10.7 Å². The minimum atomic E-state index is 0.172. The third-order valence-corrected chi connectivity index (χ3v) is 1.23. The quantitative estimate of drug-likeness (QED) is 0.354. The lowest BCUT2D eigenvalue weighted by Gasteiger charge is -1.94. The molecule has 2 nitrogen and oxygen atoms in total. The summed E-state index contributed by atoms with van der Waals surface area (Å²) >= 11 is 1.54. The van der Waals surface area contributed by atoms with Crippen LogP contribution < -0.4 is 5.73 Å². The lowest BCUT2D eigenvalue weighted by atomic mass is 10.8. The van der Waals surface area contributed by atoms with Crippen LogP contribution in [0, 0.1) is 0 Å². The van der Waals surface area contributed by atoms with Gasteiger partial charge in [-0.1, -0.05) is 11.8 Å². The van der Waals surface area contributed by atoms with Gasteiger partial charge < -0.3 is 5.73 Å². The van der Waals surface area contributed by atoms with Gasteiger partial charge in [0.15, 0.2) is 0 Å². The van der Waals surface area contributed by atoms with Crippen molar-refractivity contribution < 1.29 is 0 Å². The molecule has 0 rings (SSSR count). The zero-order chi connectivity index (χ0) is 6.41. The van der Waals surface area contributed by atoms with Crippen LogP contribution in [-0.4, -0.2) is 17.5 Å². The highest BCUT2D eigenvalue weighted by molar-refractivity contribution is 8.12. The zero-order valence-corrected chi connectivity index (χ0v) is 6.11. The van der Waals surface area contributed by atoms with E-state index in [1.807, 2.05) is 13.8 Å². The third-order valence-electron chi connectivity index (χ3n) is 0.533. The molecule has 0 radical (unpaired) electrons. The molecule has 0 aliphatic carbocycles. The van der Waals surface area contributed by atoms with E-state index in [4.69, 9.17) is 5.73 Å². The van der Waals surface area contributed by atoms with E-state index in [0.29, 0.717) is 0 Å². The maximum Gasteiger partial charge on any atom is 0.0556 e. The molecular formula is C5H12N2S. The van der Waals surface area contributed by atoms with Crippen LogP contribution in [0.4, 0.5) is 0 Å². The minimum Gasteiger partial charge on any atom is -0.319 e. The fourth-order valence-electron chi connectivity index (χ4n) is 0.214. The average molecular weight is 132 g/mol. The van der Waals surface area contributed by atoms with Crippen LogP contribution in [0.5, 0.6) is 0 Å². The second-order valence-electron chi connectivity index (χ2n) is 1.45. The first-order valence-corrected chi connectivity index (χ1v) is 3.61. The highest BCUT2D eigenvalue weighted by atomic mass is 32.2. The molecule has 3 heteroatoms. The Kier molecular flexibility index (Phi) is 5.11. The van der Waals surface area contributed by atoms with Crippen molar-refractivity contribution >= 4 is 17.3 Å². The van der Waals surface area contributed by atoms with Gasteiger partial charge in [0.1, 0.15) is 0 Å². The molecule has 0 aromatic heterocycles. The summed E-state index contributed by atoms with van der Waals surface area (Å²) in [7, 11) is 0. The van der Waals surface area contributed by atoms with Gasteiger partial charge in [-0.05, 0) is 13.8 Å². The van der Waals surface area contributed by atoms with Crippen LogP contribution >= 0.6 is 11.8 Å². The molecule has 0 aliphatic rings. The smallest absolute Gasteiger partial charge is 0.0556 e. The first kappa shape index (κ1) is 7.98. The van der Waals surface area contributed by atoms with Crippen molar-refractivity contribution in [3.63, 3.8) is 0 Å². The summed E-state index contributed by atoms with van der Waals surface area (Å²) in [6.07, 6.45) is 0. The van der Waals surface area contributed by atoms with Crippen LogP contribution in [0.25, 0.3) is 0 Å². The molecule has 0 aliphatic heterocycles. The Labute approximate surface area is 54.6 Å². The van der Waals surface area contributed by atoms with Crippen LogP contribution in [0.3, 0.4) is 0 Å². The van der Waals surface area contributed by atoms with Crippen LogP contribution in [0.15, 0.2) is 4.99 Å². The summed E-state index contributed by atoms with van der Waals surface area (Å²) in [5, 5.41) is 0.172. The monoisotopic (exact) mass is 132 g/mol. The Hall–Kier alpha value is -0.0200. The SMILES string of the molecule is CCN=CSC(C)N. The second-order valence-corrected chi connectivity index (χ2v) is 2.67. The Bertz CT molecular complexity index is 70.8. The maximum absolute atomic E-state index is 5.40. The normalized spacial score (nSPS) is 14.9. The largest absolute Gasteiger partial charge is 0.319 e. The molecule has 8 heavy (non-hydrogen) atoms. The summed E-state index contributed by atoms with van der Waals surface area (Å²) in [6, 6.07) is 0. The molecule has 0 spiro atoms. The van der Waals surface area contributed by atoms with Crippen molar-refractivity contribution in [1.29, 1.82) is 0 Å². The predicted octanol–water partition coefficient (Wildman–Crippen LogP) is 1.07. The molecule has 1 unspecified atom stereocenters. The van der Waals surface area contributed by atoms with E-state index in [2.05, 4.69) is 4.99 Å². The van der Waals surface area contributed by atoms with Gasteiger partial charge in [-0.2, -0.15) is 0 Å². The molecular weight excluding hydrogens is 120 g/mol. The van der Waals surface area contributed by atoms with Crippen LogP contribution in [-0.2, 0) is 0 Å². The molecule has 0 bridgehead atoms. The van der Waals surface area contributed by atoms with E-state index in [1.54, 1.807) is 17.3 Å². The molecule has 1 atom stereocenters. The molecule has 0 heterocycles. The Balaban J connectivity index is 3.03. The number of hydrogen-bond acceptors (Lipinski definition) is 3. The summed E-state index contributed by atoms with van der Waals surface area (Å²) in [6.45, 7) is 4.78. The standard InChI is InChI=1S/C5H12N2S/c1-3-7-4-8-5(2)6/h4-5H,3,6H2,1-2H3. The van der Waals surface area contributed by atoms with Crippen molar-refractivity contribution in [2.45, 2.75) is 19.2 Å². The van der Waals surface area contributed by atoms with Gasteiger partial charge in [0.25, 0.3) is 0 Å². The molecule has 0 saturated carbocycles. The Morgan fingerprint density at radius 3 is 2.88 bits per heavy atom. The number of aliphatic imine (C=N–C) groups is 1. The first-order valence-electron chi connectivity index (χ1n) is 2.66. The average Bonchev–Trinajstić information content (AvgIpc) is 1.66. The third kappa shape index (κ3) is 5.98. The van der Waals surface area contributed by atoms with Crippen molar-refractivity contribution in [1.82, 2.24) is 0 Å². The van der Waals surface area contributed by atoms with Gasteiger partial charge in [0.2, 0.25) is 0 Å². The molecule has 0 aromatic carbocycles. The molecule has 2 N–H and O–H groups in total. The highest BCUT2D eigenvalue weighted by Crippen LogP contribution is 1.97. The van der Waals surface area contributed by atoms with Gasteiger partial charge in [0, 0.05) is 6.54 Å². The van der Waals surface area contributed by atoms with Crippen LogP contribution in [0.2, 0.25) is 0 Å². The van der Waals surface area contributed by atoms with E-state index >= 15 is 0 Å².